The smallest absolute Gasteiger partial charge is 0.379 e. The molecule has 1 aromatic carbocycles. The number of carbonyl (C=O) groups is 3. The highest BCUT2D eigenvalue weighted by Crippen LogP contribution is 2.09. The van der Waals surface area contributed by atoms with Crippen molar-refractivity contribution in [2.24, 2.45) is 0 Å². The van der Waals surface area contributed by atoms with Crippen LogP contribution in [0.5, 0.6) is 0 Å². The molecule has 0 atom stereocenters. The average Bonchev–Trinajstić information content (AvgIpc) is 3.20. The van der Waals surface area contributed by atoms with Crippen LogP contribution in [0, 0.1) is 0 Å². The Hall–Kier alpha value is -2.57. The predicted molar refractivity (Wildman–Crippen MR) is 203 cm³/mol. The van der Waals surface area contributed by atoms with E-state index in [1.807, 2.05) is 0 Å². The van der Waals surface area contributed by atoms with Crippen molar-refractivity contribution in [3.05, 3.63) is 35.9 Å². The first-order valence-corrected chi connectivity index (χ1v) is 19.8. The summed E-state index contributed by atoms with van der Waals surface area (Å²) in [6.45, 7) is 11.1. The molecule has 0 radical (unpaired) electrons. The minimum atomic E-state index is -0.900. The molecule has 1 aromatic rings. The molecule has 0 N–H and O–H groups in total. The Morgan fingerprint density at radius 3 is 1.05 bits per heavy atom. The van der Waals surface area contributed by atoms with Crippen molar-refractivity contribution in [2.75, 3.05) is 145 Å². The fraction of sp³-hybridized carbons (Fsp3) is 0.775. The molecule has 0 fully saturated rings. The Kier molecular flexibility index (Phi) is 37.7. The third-order valence-corrected chi connectivity index (χ3v) is 7.51. The lowest BCUT2D eigenvalue weighted by molar-refractivity contribution is -0.145. The molecule has 1 rings (SSSR count). The summed E-state index contributed by atoms with van der Waals surface area (Å²) in [6.07, 6.45) is 8.74. The molecule has 0 unspecified atom stereocenters. The molecule has 0 saturated heterocycles. The molecule has 0 heterocycles. The van der Waals surface area contributed by atoms with Crippen molar-refractivity contribution < 1.29 is 71.2 Å². The number of hydrogen-bond acceptors (Lipinski definition) is 15. The number of unbranched alkanes of at least 4 members (excludes halogenated alkanes) is 6. The van der Waals surface area contributed by atoms with Gasteiger partial charge in [-0.3, -0.25) is 9.59 Å². The highest BCUT2D eigenvalue weighted by atomic mass is 16.6. The van der Waals surface area contributed by atoms with Crippen molar-refractivity contribution in [2.45, 2.75) is 58.3 Å². The third-order valence-electron chi connectivity index (χ3n) is 7.51. The van der Waals surface area contributed by atoms with Crippen LogP contribution in [-0.2, 0) is 66.4 Å². The lowest BCUT2D eigenvalue weighted by Crippen LogP contribution is -2.20. The second-order valence-electron chi connectivity index (χ2n) is 12.0. The summed E-state index contributed by atoms with van der Waals surface area (Å²) in [5.41, 5.74) is 0.293. The van der Waals surface area contributed by atoms with Crippen molar-refractivity contribution in [1.29, 1.82) is 0 Å². The Morgan fingerprint density at radius 2 is 0.691 bits per heavy atom. The normalized spacial score (nSPS) is 11.2. The number of rotatable bonds is 43. The molecule has 0 bridgehead atoms. The van der Waals surface area contributed by atoms with E-state index in [0.717, 1.165) is 12.8 Å². The molecule has 55 heavy (non-hydrogen) atoms. The first-order chi connectivity index (χ1) is 27.1. The number of carbonyl (C=O) groups excluding carboxylic acids is 3. The van der Waals surface area contributed by atoms with E-state index >= 15 is 0 Å². The van der Waals surface area contributed by atoms with Crippen molar-refractivity contribution in [3.8, 4) is 0 Å². The summed E-state index contributed by atoms with van der Waals surface area (Å²) in [5, 5.41) is 0. The quantitative estimate of drug-likeness (QED) is 0.0399. The summed E-state index contributed by atoms with van der Waals surface area (Å²) >= 11 is 0. The minimum Gasteiger partial charge on any atom is -0.463 e. The van der Waals surface area contributed by atoms with E-state index in [-0.39, 0.29) is 25.8 Å². The molecule has 0 saturated carbocycles. The second-order valence-corrected chi connectivity index (χ2v) is 12.0. The zero-order valence-electron chi connectivity index (χ0n) is 33.2. The predicted octanol–water partition coefficient (Wildman–Crippen LogP) is 4.26. The van der Waals surface area contributed by atoms with Gasteiger partial charge in [-0.15, -0.1) is 0 Å². The van der Waals surface area contributed by atoms with Crippen LogP contribution in [0.25, 0.3) is 0 Å². The molecule has 0 aromatic heterocycles. The van der Waals surface area contributed by atoms with Gasteiger partial charge in [-0.25, -0.2) is 4.79 Å². The van der Waals surface area contributed by atoms with Gasteiger partial charge in [0.1, 0.15) is 13.2 Å². The largest absolute Gasteiger partial charge is 0.463 e. The standard InChI is InChI=1S/C40H68O15/c1-2-3-4-5-6-7-11-14-38(41)54-35-33-52-31-29-50-27-25-48-23-21-46-19-17-44-15-16-45-18-20-47-22-24-49-26-28-51-30-32-53-34-36-55-40(43)39(42)37-12-9-8-10-13-37/h8-10,12-13H,2-7,11,14-36H2,1H3. The molecule has 15 heteroatoms. The van der Waals surface area contributed by atoms with E-state index in [4.69, 9.17) is 56.8 Å². The molecule has 0 amide bonds. The summed E-state index contributed by atoms with van der Waals surface area (Å²) in [4.78, 5) is 35.4. The van der Waals surface area contributed by atoms with Gasteiger partial charge in [0.25, 0.3) is 5.78 Å². The van der Waals surface area contributed by atoms with Gasteiger partial charge in [0.2, 0.25) is 0 Å². The highest BCUT2D eigenvalue weighted by molar-refractivity contribution is 6.40. The van der Waals surface area contributed by atoms with Gasteiger partial charge in [-0.05, 0) is 6.42 Å². The number of ether oxygens (including phenoxy) is 12. The van der Waals surface area contributed by atoms with Gasteiger partial charge in [-0.2, -0.15) is 0 Å². The van der Waals surface area contributed by atoms with Gasteiger partial charge in [0.15, 0.2) is 0 Å². The number of Topliss-reactive ketones (excluding diaryl/α,β-unsaturated/α-hetero) is 1. The van der Waals surface area contributed by atoms with Gasteiger partial charge in [-0.1, -0.05) is 75.8 Å². The molecule has 0 aliphatic rings. The van der Waals surface area contributed by atoms with Crippen molar-refractivity contribution >= 4 is 17.7 Å². The summed E-state index contributed by atoms with van der Waals surface area (Å²) in [6, 6.07) is 8.25. The van der Waals surface area contributed by atoms with Crippen molar-refractivity contribution in [1.82, 2.24) is 0 Å². The van der Waals surface area contributed by atoms with Crippen LogP contribution in [0.15, 0.2) is 30.3 Å². The average molecular weight is 789 g/mol. The number of esters is 2. The maximum Gasteiger partial charge on any atom is 0.379 e. The SMILES string of the molecule is CCCCCCCCCC(=O)OCCOCCOCCOCCOCCOCCOCCOCCOCCOCCOCCOC(=O)C(=O)c1ccccc1. The van der Waals surface area contributed by atoms with Crippen LogP contribution >= 0.6 is 0 Å². The Bertz CT molecular complexity index is 998. The zero-order chi connectivity index (χ0) is 39.5. The molecular weight excluding hydrogens is 720 g/mol. The van der Waals surface area contributed by atoms with Crippen LogP contribution in [0.2, 0.25) is 0 Å². The monoisotopic (exact) mass is 788 g/mol. The topological polar surface area (TPSA) is 162 Å². The van der Waals surface area contributed by atoms with Gasteiger partial charge < -0.3 is 56.8 Å². The molecule has 318 valence electrons. The van der Waals surface area contributed by atoms with E-state index in [2.05, 4.69) is 6.92 Å². The first-order valence-electron chi connectivity index (χ1n) is 19.8. The molecule has 15 nitrogen and oxygen atoms in total. The molecule has 0 aliphatic carbocycles. The Balaban J connectivity index is 1.66. The molecular formula is C40H68O15. The van der Waals surface area contributed by atoms with Gasteiger partial charge in [0.05, 0.1) is 132 Å². The Morgan fingerprint density at radius 1 is 0.382 bits per heavy atom. The summed E-state index contributed by atoms with van der Waals surface area (Å²) < 4.78 is 64.6. The number of benzene rings is 1. The third kappa shape index (κ3) is 35.6. The zero-order valence-corrected chi connectivity index (χ0v) is 33.2. The number of ketones is 1. The fourth-order valence-corrected chi connectivity index (χ4v) is 4.56. The Labute approximate surface area is 328 Å². The maximum atomic E-state index is 11.9. The van der Waals surface area contributed by atoms with E-state index in [0.29, 0.717) is 138 Å². The van der Waals surface area contributed by atoms with Gasteiger partial charge in [0, 0.05) is 12.0 Å². The highest BCUT2D eigenvalue weighted by Gasteiger charge is 2.17. The minimum absolute atomic E-state index is 0.00648. The lowest BCUT2D eigenvalue weighted by Gasteiger charge is -2.09. The summed E-state index contributed by atoms with van der Waals surface area (Å²) in [7, 11) is 0. The van der Waals surface area contributed by atoms with Gasteiger partial charge >= 0.3 is 11.9 Å². The van der Waals surface area contributed by atoms with E-state index in [1.165, 1.54) is 32.1 Å². The van der Waals surface area contributed by atoms with E-state index < -0.39 is 11.8 Å². The van der Waals surface area contributed by atoms with Crippen LogP contribution in [0.1, 0.15) is 68.6 Å². The van der Waals surface area contributed by atoms with Crippen molar-refractivity contribution in [3.63, 3.8) is 0 Å². The van der Waals surface area contributed by atoms with Crippen LogP contribution in [-0.4, -0.2) is 163 Å². The second kappa shape index (κ2) is 41.1. The first kappa shape index (κ1) is 50.4. The summed E-state index contributed by atoms with van der Waals surface area (Å²) in [5.74, 6) is -1.73. The molecule has 0 spiro atoms. The fourth-order valence-electron chi connectivity index (χ4n) is 4.56. The van der Waals surface area contributed by atoms with E-state index in [9.17, 15) is 14.4 Å². The maximum absolute atomic E-state index is 11.9. The van der Waals surface area contributed by atoms with Crippen LogP contribution in [0.3, 0.4) is 0 Å². The van der Waals surface area contributed by atoms with Crippen LogP contribution in [0.4, 0.5) is 0 Å². The van der Waals surface area contributed by atoms with Crippen LogP contribution < -0.4 is 0 Å². The number of hydrogen-bond donors (Lipinski definition) is 0. The van der Waals surface area contributed by atoms with E-state index in [1.54, 1.807) is 30.3 Å². The molecule has 0 aliphatic heterocycles. The lowest BCUT2D eigenvalue weighted by atomic mass is 10.1.